The number of sulfonamides is 1. The average Bonchev–Trinajstić information content (AvgIpc) is 3.00. The minimum atomic E-state index is -4.12. The van der Waals surface area contributed by atoms with Gasteiger partial charge in [-0.1, -0.05) is 90.0 Å². The number of anilines is 1. The quantitative estimate of drug-likeness (QED) is 0.228. The van der Waals surface area contributed by atoms with Gasteiger partial charge in [-0.25, -0.2) is 8.42 Å². The van der Waals surface area contributed by atoms with Crippen molar-refractivity contribution in [2.24, 2.45) is 0 Å². The molecule has 0 saturated carbocycles. The van der Waals surface area contributed by atoms with Gasteiger partial charge in [-0.05, 0) is 61.4 Å². The maximum atomic E-state index is 14.3. The molecule has 4 aromatic rings. The number of halogens is 1. The minimum absolute atomic E-state index is 0.0622. The third kappa shape index (κ3) is 7.78. The highest BCUT2D eigenvalue weighted by Gasteiger charge is 2.34. The van der Waals surface area contributed by atoms with Crippen LogP contribution in [0.5, 0.6) is 0 Å². The summed E-state index contributed by atoms with van der Waals surface area (Å²) in [5.74, 6) is -0.839. The second-order valence-corrected chi connectivity index (χ2v) is 12.2. The molecule has 9 heteroatoms. The number of benzene rings is 4. The van der Waals surface area contributed by atoms with E-state index in [9.17, 15) is 18.0 Å². The molecule has 0 bridgehead atoms. The van der Waals surface area contributed by atoms with Crippen molar-refractivity contribution in [1.82, 2.24) is 10.2 Å². The first-order valence-electron chi connectivity index (χ1n) is 13.7. The number of nitrogens with one attached hydrogen (secondary N) is 1. The van der Waals surface area contributed by atoms with E-state index in [2.05, 4.69) is 5.32 Å². The minimum Gasteiger partial charge on any atom is -0.355 e. The van der Waals surface area contributed by atoms with Crippen LogP contribution in [-0.2, 0) is 32.6 Å². The topological polar surface area (TPSA) is 86.8 Å². The summed E-state index contributed by atoms with van der Waals surface area (Å²) in [5.41, 5.74) is 2.92. The van der Waals surface area contributed by atoms with Crippen molar-refractivity contribution in [3.63, 3.8) is 0 Å². The van der Waals surface area contributed by atoms with Crippen LogP contribution in [0.4, 0.5) is 5.69 Å². The first kappa shape index (κ1) is 30.8. The van der Waals surface area contributed by atoms with E-state index in [0.29, 0.717) is 17.3 Å². The van der Waals surface area contributed by atoms with Crippen molar-refractivity contribution in [2.45, 2.75) is 37.8 Å². The lowest BCUT2D eigenvalue weighted by Gasteiger charge is -2.33. The molecule has 0 aliphatic carbocycles. The number of nitrogens with zero attached hydrogens (tertiary/aromatic N) is 2. The molecule has 4 aromatic carbocycles. The van der Waals surface area contributed by atoms with Gasteiger partial charge in [0.1, 0.15) is 12.6 Å². The molecule has 0 spiro atoms. The fourth-order valence-corrected chi connectivity index (χ4v) is 6.15. The summed E-state index contributed by atoms with van der Waals surface area (Å²) < 4.78 is 29.0. The third-order valence-corrected chi connectivity index (χ3v) is 8.86. The van der Waals surface area contributed by atoms with Crippen LogP contribution in [-0.4, -0.2) is 44.3 Å². The molecule has 1 N–H and O–H groups in total. The monoisotopic (exact) mass is 603 g/mol. The summed E-state index contributed by atoms with van der Waals surface area (Å²) in [6.07, 6.45) is 0.252. The van der Waals surface area contributed by atoms with Gasteiger partial charge in [0.25, 0.3) is 10.0 Å². The summed E-state index contributed by atoms with van der Waals surface area (Å²) in [6, 6.07) is 30.5. The van der Waals surface area contributed by atoms with Crippen LogP contribution in [0.25, 0.3) is 0 Å². The summed E-state index contributed by atoms with van der Waals surface area (Å²) in [4.78, 5) is 29.3. The Hall–Kier alpha value is -4.14. The summed E-state index contributed by atoms with van der Waals surface area (Å²) in [7, 11) is -4.12. The normalized spacial score (nSPS) is 11.9. The summed E-state index contributed by atoms with van der Waals surface area (Å²) in [6.45, 7) is 3.68. The smallest absolute Gasteiger partial charge is 0.264 e. The highest BCUT2D eigenvalue weighted by Crippen LogP contribution is 2.25. The lowest BCUT2D eigenvalue weighted by molar-refractivity contribution is -0.140. The number of aryl methyl sites for hydroxylation is 1. The van der Waals surface area contributed by atoms with E-state index < -0.39 is 28.5 Å². The molecule has 0 unspecified atom stereocenters. The van der Waals surface area contributed by atoms with Crippen LogP contribution in [0.1, 0.15) is 23.6 Å². The van der Waals surface area contributed by atoms with Gasteiger partial charge in [-0.3, -0.25) is 13.9 Å². The molecule has 0 fully saturated rings. The zero-order chi connectivity index (χ0) is 30.1. The molecule has 0 aliphatic rings. The van der Waals surface area contributed by atoms with Gasteiger partial charge in [0.15, 0.2) is 0 Å². The zero-order valence-corrected chi connectivity index (χ0v) is 25.2. The van der Waals surface area contributed by atoms with Crippen LogP contribution in [0, 0.1) is 6.92 Å². The fourth-order valence-electron chi connectivity index (χ4n) is 4.59. The highest BCUT2D eigenvalue weighted by molar-refractivity contribution is 7.92. The van der Waals surface area contributed by atoms with E-state index in [4.69, 9.17) is 11.6 Å². The Balaban J connectivity index is 1.78. The first-order valence-corrected chi connectivity index (χ1v) is 15.5. The standard InChI is InChI=1S/C33H34ClN3O4S/c1-3-35-33(39)31(22-26-10-6-4-7-11-26)36(23-27-16-18-28(34)19-17-27)32(38)24-37(29-20-14-25(2)15-21-29)42(40,41)30-12-8-5-9-13-30/h4-21,31H,3,22-24H2,1-2H3,(H,35,39)/t31-/m0/s1. The van der Waals surface area contributed by atoms with Gasteiger partial charge in [-0.2, -0.15) is 0 Å². The van der Waals surface area contributed by atoms with Gasteiger partial charge < -0.3 is 10.2 Å². The van der Waals surface area contributed by atoms with Crippen molar-refractivity contribution in [3.05, 3.63) is 131 Å². The number of likely N-dealkylation sites (N-methyl/N-ethyl adjacent to an activating group) is 1. The molecule has 1 atom stereocenters. The van der Waals surface area contributed by atoms with Crippen LogP contribution in [0.15, 0.2) is 114 Å². The van der Waals surface area contributed by atoms with Crippen molar-refractivity contribution in [1.29, 1.82) is 0 Å². The number of rotatable bonds is 12. The Morgan fingerprint density at radius 1 is 0.810 bits per heavy atom. The van der Waals surface area contributed by atoms with Crippen molar-refractivity contribution in [2.75, 3.05) is 17.4 Å². The molecule has 0 saturated heterocycles. The molecule has 0 aliphatic heterocycles. The second-order valence-electron chi connectivity index (χ2n) is 9.91. The van der Waals surface area contributed by atoms with Crippen LogP contribution in [0.2, 0.25) is 5.02 Å². The maximum absolute atomic E-state index is 14.3. The predicted octanol–water partition coefficient (Wildman–Crippen LogP) is 5.62. The Kier molecular flexibility index (Phi) is 10.4. The molecule has 4 rings (SSSR count). The third-order valence-electron chi connectivity index (χ3n) is 6.82. The number of hydrogen-bond donors (Lipinski definition) is 1. The Labute approximate surface area is 252 Å². The Bertz CT molecular complexity index is 1580. The van der Waals surface area contributed by atoms with Gasteiger partial charge in [0.2, 0.25) is 11.8 Å². The molecule has 218 valence electrons. The van der Waals surface area contributed by atoms with Crippen molar-refractivity contribution in [3.8, 4) is 0 Å². The molecule has 2 amide bonds. The van der Waals surface area contributed by atoms with Gasteiger partial charge >= 0.3 is 0 Å². The van der Waals surface area contributed by atoms with Crippen LogP contribution >= 0.6 is 11.6 Å². The lowest BCUT2D eigenvalue weighted by Crippen LogP contribution is -2.53. The first-order chi connectivity index (χ1) is 20.2. The SMILES string of the molecule is CCNC(=O)[C@H](Cc1ccccc1)N(Cc1ccc(Cl)cc1)C(=O)CN(c1ccc(C)cc1)S(=O)(=O)c1ccccc1. The van der Waals surface area contributed by atoms with E-state index in [1.807, 2.05) is 44.2 Å². The number of hydrogen-bond acceptors (Lipinski definition) is 4. The van der Waals surface area contributed by atoms with Gasteiger partial charge in [0.05, 0.1) is 10.6 Å². The Morgan fingerprint density at radius 2 is 1.40 bits per heavy atom. The largest absolute Gasteiger partial charge is 0.355 e. The maximum Gasteiger partial charge on any atom is 0.264 e. The highest BCUT2D eigenvalue weighted by atomic mass is 35.5. The van der Waals surface area contributed by atoms with Crippen molar-refractivity contribution >= 4 is 39.1 Å². The lowest BCUT2D eigenvalue weighted by atomic mass is 10.0. The van der Waals surface area contributed by atoms with Crippen LogP contribution < -0.4 is 9.62 Å². The molecular formula is C33H34ClN3O4S. The molecule has 7 nitrogen and oxygen atoms in total. The number of carbonyl (C=O) groups is 2. The van der Waals surface area contributed by atoms with Crippen LogP contribution in [0.3, 0.4) is 0 Å². The molecule has 0 radical (unpaired) electrons. The molecule has 0 aromatic heterocycles. The fraction of sp³-hybridized carbons (Fsp3) is 0.212. The summed E-state index contributed by atoms with van der Waals surface area (Å²) >= 11 is 6.11. The van der Waals surface area contributed by atoms with Gasteiger partial charge in [-0.15, -0.1) is 0 Å². The molecule has 0 heterocycles. The average molecular weight is 604 g/mol. The zero-order valence-electron chi connectivity index (χ0n) is 23.6. The van der Waals surface area contributed by atoms with E-state index in [-0.39, 0.29) is 23.8 Å². The van der Waals surface area contributed by atoms with E-state index >= 15 is 0 Å². The van der Waals surface area contributed by atoms with E-state index in [1.165, 1.54) is 17.0 Å². The molecular weight excluding hydrogens is 570 g/mol. The second kappa shape index (κ2) is 14.2. The van der Waals surface area contributed by atoms with E-state index in [1.54, 1.807) is 66.7 Å². The number of carbonyl (C=O) groups excluding carboxylic acids is 2. The van der Waals surface area contributed by atoms with Gasteiger partial charge in [0, 0.05) is 24.5 Å². The molecule has 42 heavy (non-hydrogen) atoms. The number of amides is 2. The van der Waals surface area contributed by atoms with Crippen molar-refractivity contribution < 1.29 is 18.0 Å². The van der Waals surface area contributed by atoms with E-state index in [0.717, 1.165) is 21.0 Å². The summed E-state index contributed by atoms with van der Waals surface area (Å²) in [5, 5.41) is 3.40. The predicted molar refractivity (Wildman–Crippen MR) is 167 cm³/mol. The Morgan fingerprint density at radius 3 is 2.00 bits per heavy atom.